The van der Waals surface area contributed by atoms with E-state index in [0.717, 1.165) is 59.4 Å². The number of para-hydroxylation sites is 1. The number of aromatic nitrogens is 2. The third-order valence-corrected chi connectivity index (χ3v) is 5.11. The summed E-state index contributed by atoms with van der Waals surface area (Å²) >= 11 is 6.13. The molecule has 2 heterocycles. The van der Waals surface area contributed by atoms with Crippen LogP contribution in [0.2, 0.25) is 5.02 Å². The highest BCUT2D eigenvalue weighted by Crippen LogP contribution is 2.31. The van der Waals surface area contributed by atoms with Gasteiger partial charge in [0.1, 0.15) is 5.75 Å². The van der Waals surface area contributed by atoms with Crippen LogP contribution in [0.25, 0.3) is 10.9 Å². The van der Waals surface area contributed by atoms with E-state index in [1.54, 1.807) is 0 Å². The molecule has 26 heavy (non-hydrogen) atoms. The molecule has 134 valence electrons. The van der Waals surface area contributed by atoms with Gasteiger partial charge < -0.3 is 14.5 Å². The average molecular weight is 369 g/mol. The molecule has 1 saturated heterocycles. The Bertz CT molecular complexity index is 938. The SMILES string of the molecule is Cc1cc(Oc2nc(N3CCN(C)CC3)nc3ccccc23)ccc1Cl. The van der Waals surface area contributed by atoms with Gasteiger partial charge in [-0.15, -0.1) is 0 Å². The van der Waals surface area contributed by atoms with Gasteiger partial charge in [-0.05, 0) is 49.9 Å². The van der Waals surface area contributed by atoms with Gasteiger partial charge in [0.25, 0.3) is 0 Å². The molecule has 1 aliphatic rings. The minimum atomic E-state index is 0.575. The minimum absolute atomic E-state index is 0.575. The van der Waals surface area contributed by atoms with Crippen LogP contribution in [0.4, 0.5) is 5.95 Å². The van der Waals surface area contributed by atoms with Crippen LogP contribution in [0.5, 0.6) is 11.6 Å². The number of piperazine rings is 1. The number of anilines is 1. The lowest BCUT2D eigenvalue weighted by molar-refractivity contribution is 0.311. The van der Waals surface area contributed by atoms with E-state index in [9.17, 15) is 0 Å². The van der Waals surface area contributed by atoms with Crippen molar-refractivity contribution >= 4 is 28.5 Å². The number of ether oxygens (including phenoxy) is 1. The predicted molar refractivity (Wildman–Crippen MR) is 106 cm³/mol. The Kier molecular flexibility index (Phi) is 4.66. The average Bonchev–Trinajstić information content (AvgIpc) is 2.65. The molecule has 0 spiro atoms. The maximum Gasteiger partial charge on any atom is 0.231 e. The van der Waals surface area contributed by atoms with Crippen LogP contribution in [0.3, 0.4) is 0 Å². The summed E-state index contributed by atoms with van der Waals surface area (Å²) in [6.07, 6.45) is 0. The van der Waals surface area contributed by atoms with E-state index >= 15 is 0 Å². The number of rotatable bonds is 3. The van der Waals surface area contributed by atoms with E-state index in [0.29, 0.717) is 5.88 Å². The molecule has 5 nitrogen and oxygen atoms in total. The number of likely N-dealkylation sites (N-methyl/N-ethyl adjacent to an activating group) is 1. The van der Waals surface area contributed by atoms with Crippen molar-refractivity contribution < 1.29 is 4.74 Å². The Balaban J connectivity index is 1.73. The Hall–Kier alpha value is -2.37. The highest BCUT2D eigenvalue weighted by molar-refractivity contribution is 6.31. The van der Waals surface area contributed by atoms with E-state index in [4.69, 9.17) is 26.3 Å². The molecular formula is C20H21ClN4O. The maximum absolute atomic E-state index is 6.13. The number of nitrogens with zero attached hydrogens (tertiary/aromatic N) is 4. The van der Waals surface area contributed by atoms with Crippen molar-refractivity contribution in [3.63, 3.8) is 0 Å². The van der Waals surface area contributed by atoms with Gasteiger partial charge in [-0.3, -0.25) is 0 Å². The molecule has 6 heteroatoms. The number of fused-ring (bicyclic) bond motifs is 1. The molecule has 0 unspecified atom stereocenters. The third-order valence-electron chi connectivity index (χ3n) is 4.69. The van der Waals surface area contributed by atoms with Crippen LogP contribution in [0, 0.1) is 6.92 Å². The lowest BCUT2D eigenvalue weighted by Crippen LogP contribution is -2.45. The van der Waals surface area contributed by atoms with E-state index in [2.05, 4.69) is 16.8 Å². The first-order valence-corrected chi connectivity index (χ1v) is 9.12. The first kappa shape index (κ1) is 17.1. The Morgan fingerprint density at radius 2 is 1.77 bits per heavy atom. The third kappa shape index (κ3) is 3.45. The van der Waals surface area contributed by atoms with Gasteiger partial charge in [-0.1, -0.05) is 23.7 Å². The highest BCUT2D eigenvalue weighted by Gasteiger charge is 2.19. The van der Waals surface area contributed by atoms with E-state index in [-0.39, 0.29) is 0 Å². The van der Waals surface area contributed by atoms with Crippen molar-refractivity contribution in [3.05, 3.63) is 53.1 Å². The summed E-state index contributed by atoms with van der Waals surface area (Å²) in [4.78, 5) is 14.0. The Morgan fingerprint density at radius 1 is 1.00 bits per heavy atom. The molecule has 0 atom stereocenters. The van der Waals surface area contributed by atoms with Crippen LogP contribution in [-0.2, 0) is 0 Å². The van der Waals surface area contributed by atoms with Crippen molar-refractivity contribution in [2.75, 3.05) is 38.1 Å². The van der Waals surface area contributed by atoms with Crippen LogP contribution >= 0.6 is 11.6 Å². The fourth-order valence-electron chi connectivity index (χ4n) is 3.05. The smallest absolute Gasteiger partial charge is 0.231 e. The lowest BCUT2D eigenvalue weighted by Gasteiger charge is -2.32. The van der Waals surface area contributed by atoms with E-state index in [1.807, 2.05) is 49.4 Å². The normalized spacial score (nSPS) is 15.4. The van der Waals surface area contributed by atoms with Crippen molar-refractivity contribution in [2.45, 2.75) is 6.92 Å². The molecule has 0 N–H and O–H groups in total. The van der Waals surface area contributed by atoms with Gasteiger partial charge in [0.05, 0.1) is 10.9 Å². The lowest BCUT2D eigenvalue weighted by atomic mass is 10.2. The summed E-state index contributed by atoms with van der Waals surface area (Å²) in [5, 5.41) is 1.63. The second-order valence-electron chi connectivity index (χ2n) is 6.65. The van der Waals surface area contributed by atoms with Crippen molar-refractivity contribution in [2.24, 2.45) is 0 Å². The second-order valence-corrected chi connectivity index (χ2v) is 7.06. The van der Waals surface area contributed by atoms with Gasteiger partial charge in [-0.2, -0.15) is 4.98 Å². The van der Waals surface area contributed by atoms with Crippen LogP contribution in [0.1, 0.15) is 5.56 Å². The van der Waals surface area contributed by atoms with E-state index < -0.39 is 0 Å². The zero-order valence-electron chi connectivity index (χ0n) is 14.9. The summed E-state index contributed by atoms with van der Waals surface area (Å²) in [6.45, 7) is 5.79. The van der Waals surface area contributed by atoms with Crippen LogP contribution in [-0.4, -0.2) is 48.1 Å². The summed E-state index contributed by atoms with van der Waals surface area (Å²) in [5.41, 5.74) is 1.86. The second kappa shape index (κ2) is 7.09. The monoisotopic (exact) mass is 368 g/mol. The van der Waals surface area contributed by atoms with E-state index in [1.165, 1.54) is 0 Å². The van der Waals surface area contributed by atoms with Gasteiger partial charge in [0.15, 0.2) is 0 Å². The summed E-state index contributed by atoms with van der Waals surface area (Å²) < 4.78 is 6.13. The molecular weight excluding hydrogens is 348 g/mol. The number of aryl methyl sites for hydroxylation is 1. The summed E-state index contributed by atoms with van der Waals surface area (Å²) in [5.74, 6) is 2.02. The zero-order chi connectivity index (χ0) is 18.1. The molecule has 1 aromatic heterocycles. The molecule has 0 saturated carbocycles. The number of hydrogen-bond acceptors (Lipinski definition) is 5. The molecule has 0 bridgehead atoms. The van der Waals surface area contributed by atoms with Crippen molar-refractivity contribution in [3.8, 4) is 11.6 Å². The van der Waals surface area contributed by atoms with Gasteiger partial charge >= 0.3 is 0 Å². The summed E-state index contributed by atoms with van der Waals surface area (Å²) in [7, 11) is 2.13. The standard InChI is InChI=1S/C20H21ClN4O/c1-14-13-15(7-8-17(14)21)26-19-16-5-3-4-6-18(16)22-20(23-19)25-11-9-24(2)10-12-25/h3-8,13H,9-12H2,1-2H3. The maximum atomic E-state index is 6.13. The Labute approximate surface area is 158 Å². The number of hydrogen-bond donors (Lipinski definition) is 0. The molecule has 3 aromatic rings. The molecule has 1 aliphatic heterocycles. The Morgan fingerprint density at radius 3 is 2.54 bits per heavy atom. The topological polar surface area (TPSA) is 41.5 Å². The number of halogens is 1. The highest BCUT2D eigenvalue weighted by atomic mass is 35.5. The first-order valence-electron chi connectivity index (χ1n) is 8.74. The van der Waals surface area contributed by atoms with Gasteiger partial charge in [0, 0.05) is 31.2 Å². The molecule has 4 rings (SSSR count). The van der Waals surface area contributed by atoms with Crippen molar-refractivity contribution in [1.82, 2.24) is 14.9 Å². The fraction of sp³-hybridized carbons (Fsp3) is 0.300. The zero-order valence-corrected chi connectivity index (χ0v) is 15.7. The predicted octanol–water partition coefficient (Wildman–Crippen LogP) is 4.14. The molecule has 0 aliphatic carbocycles. The number of benzene rings is 2. The summed E-state index contributed by atoms with van der Waals surface area (Å²) in [6, 6.07) is 13.6. The fourth-order valence-corrected chi connectivity index (χ4v) is 3.17. The van der Waals surface area contributed by atoms with Crippen LogP contribution < -0.4 is 9.64 Å². The van der Waals surface area contributed by atoms with Gasteiger partial charge in [0.2, 0.25) is 11.8 Å². The van der Waals surface area contributed by atoms with Crippen molar-refractivity contribution in [1.29, 1.82) is 0 Å². The molecule has 0 radical (unpaired) electrons. The first-order chi connectivity index (χ1) is 12.6. The molecule has 1 fully saturated rings. The van der Waals surface area contributed by atoms with Gasteiger partial charge in [-0.25, -0.2) is 4.98 Å². The molecule has 0 amide bonds. The largest absolute Gasteiger partial charge is 0.438 e. The van der Waals surface area contributed by atoms with Crippen LogP contribution in [0.15, 0.2) is 42.5 Å². The minimum Gasteiger partial charge on any atom is -0.438 e. The molecule has 2 aromatic carbocycles. The quantitative estimate of drug-likeness (QED) is 0.695.